The molecular formula is C22H30N6S. The lowest BCUT2D eigenvalue weighted by Gasteiger charge is -2.17. The predicted octanol–water partition coefficient (Wildman–Crippen LogP) is 3.67. The summed E-state index contributed by atoms with van der Waals surface area (Å²) in [5.74, 6) is 14.5. The molecule has 6 nitrogen and oxygen atoms in total. The van der Waals surface area contributed by atoms with Gasteiger partial charge in [-0.3, -0.25) is 4.72 Å². The molecule has 3 aromatic rings. The number of nitrogens with one attached hydrogen (secondary N) is 2. The second-order valence-electron chi connectivity index (χ2n) is 7.09. The van der Waals surface area contributed by atoms with E-state index in [9.17, 15) is 0 Å². The number of H-pyrrole nitrogens is 1. The molecule has 29 heavy (non-hydrogen) atoms. The number of nitrogens with two attached hydrogens (primary N) is 2. The Morgan fingerprint density at radius 2 is 2.00 bits per heavy atom. The minimum absolute atomic E-state index is 0.515. The molecule has 0 aliphatic heterocycles. The number of benzene rings is 1. The van der Waals surface area contributed by atoms with E-state index in [1.54, 1.807) is 6.20 Å². The van der Waals surface area contributed by atoms with Crippen LogP contribution in [-0.2, 0) is 6.54 Å². The third-order valence-corrected chi connectivity index (χ3v) is 6.67. The first-order chi connectivity index (χ1) is 13.9. The smallest absolute Gasteiger partial charge is 0.138 e. The first kappa shape index (κ1) is 21.0. The lowest BCUT2D eigenvalue weighted by molar-refractivity contribution is 0.382. The summed E-state index contributed by atoms with van der Waals surface area (Å²) in [4.78, 5) is 8.93. The molecule has 0 aliphatic rings. The zero-order valence-corrected chi connectivity index (χ0v) is 17.7. The van der Waals surface area contributed by atoms with E-state index >= 15 is 0 Å². The van der Waals surface area contributed by atoms with Crippen LogP contribution in [0.25, 0.3) is 22.2 Å². The van der Waals surface area contributed by atoms with Crippen LogP contribution in [0.2, 0.25) is 0 Å². The first-order valence-corrected chi connectivity index (χ1v) is 11.6. The highest BCUT2D eigenvalue weighted by Gasteiger charge is 2.10. The number of pyridine rings is 1. The summed E-state index contributed by atoms with van der Waals surface area (Å²) < 4.78 is 3.51. The SMILES string of the molecule is C=S(=C)(NCCCC)c1ccc(-c2ccnc3[nH]c(CN(N)/C=C\N)cc23)cc1. The van der Waals surface area contributed by atoms with Crippen LogP contribution in [0.4, 0.5) is 0 Å². The predicted molar refractivity (Wildman–Crippen MR) is 128 cm³/mol. The Labute approximate surface area is 173 Å². The van der Waals surface area contributed by atoms with Crippen molar-refractivity contribution in [1.29, 1.82) is 0 Å². The van der Waals surface area contributed by atoms with Gasteiger partial charge in [-0.1, -0.05) is 37.2 Å². The molecule has 154 valence electrons. The molecule has 0 spiro atoms. The van der Waals surface area contributed by atoms with Crippen molar-refractivity contribution in [2.75, 3.05) is 6.54 Å². The highest BCUT2D eigenvalue weighted by atomic mass is 32.2. The quantitative estimate of drug-likeness (QED) is 0.187. The van der Waals surface area contributed by atoms with Crippen molar-refractivity contribution < 1.29 is 0 Å². The van der Waals surface area contributed by atoms with Gasteiger partial charge in [0.05, 0.1) is 6.54 Å². The van der Waals surface area contributed by atoms with Crippen LogP contribution in [0.3, 0.4) is 0 Å². The molecule has 7 heteroatoms. The Bertz CT molecular complexity index is 1080. The molecule has 0 unspecified atom stereocenters. The number of aromatic amines is 1. The van der Waals surface area contributed by atoms with Gasteiger partial charge in [0.25, 0.3) is 0 Å². The van der Waals surface area contributed by atoms with Gasteiger partial charge in [-0.25, -0.2) is 10.8 Å². The van der Waals surface area contributed by atoms with Crippen molar-refractivity contribution in [2.45, 2.75) is 31.2 Å². The molecular weight excluding hydrogens is 380 g/mol. The van der Waals surface area contributed by atoms with Crippen LogP contribution in [0.15, 0.2) is 59.9 Å². The number of hydrogen-bond donors (Lipinski definition) is 4. The highest BCUT2D eigenvalue weighted by Crippen LogP contribution is 2.33. The van der Waals surface area contributed by atoms with Gasteiger partial charge < -0.3 is 15.7 Å². The minimum atomic E-state index is -1.49. The van der Waals surface area contributed by atoms with Crippen LogP contribution in [0.5, 0.6) is 0 Å². The summed E-state index contributed by atoms with van der Waals surface area (Å²) in [6, 6.07) is 12.6. The third-order valence-electron chi connectivity index (χ3n) is 4.74. The van der Waals surface area contributed by atoms with Gasteiger partial charge in [-0.05, 0) is 41.8 Å². The standard InChI is InChI=1S/C22H30N6S/c1-4-5-12-26-29(2,3)19-8-6-17(7-9-19)20-10-13-25-22-21(20)15-18(27-22)16-28(24)14-11-23/h6-11,13-15,26H,2-5,12,16,23-24H2,1H3,(H,25,27)/b14-11-. The Hall–Kier alpha value is -2.74. The van der Waals surface area contributed by atoms with E-state index in [1.807, 2.05) is 12.3 Å². The zero-order chi connectivity index (χ0) is 20.9. The first-order valence-electron chi connectivity index (χ1n) is 9.65. The van der Waals surface area contributed by atoms with E-state index in [0.717, 1.165) is 52.1 Å². The Balaban J connectivity index is 1.87. The van der Waals surface area contributed by atoms with Crippen LogP contribution in [-0.4, -0.2) is 33.3 Å². The molecule has 0 amide bonds. The Morgan fingerprint density at radius 1 is 1.24 bits per heavy atom. The summed E-state index contributed by atoms with van der Waals surface area (Å²) in [6.07, 6.45) is 7.14. The highest BCUT2D eigenvalue weighted by molar-refractivity contribution is 8.26. The minimum Gasteiger partial charge on any atom is -0.403 e. The Kier molecular flexibility index (Phi) is 6.64. The third kappa shape index (κ3) is 5.00. The lowest BCUT2D eigenvalue weighted by atomic mass is 10.0. The number of aromatic nitrogens is 2. The van der Waals surface area contributed by atoms with E-state index in [4.69, 9.17) is 11.6 Å². The van der Waals surface area contributed by atoms with E-state index in [0.29, 0.717) is 6.54 Å². The van der Waals surface area contributed by atoms with Gasteiger partial charge in [0.2, 0.25) is 0 Å². The van der Waals surface area contributed by atoms with E-state index in [1.165, 1.54) is 11.2 Å². The molecule has 0 bridgehead atoms. The van der Waals surface area contributed by atoms with Crippen LogP contribution >= 0.6 is 9.39 Å². The Morgan fingerprint density at radius 3 is 2.69 bits per heavy atom. The van der Waals surface area contributed by atoms with Crippen molar-refractivity contribution in [2.24, 2.45) is 11.6 Å². The van der Waals surface area contributed by atoms with E-state index in [2.05, 4.69) is 63.7 Å². The molecule has 0 fully saturated rings. The second-order valence-corrected chi connectivity index (χ2v) is 9.61. The van der Waals surface area contributed by atoms with Crippen molar-refractivity contribution >= 4 is 32.2 Å². The molecule has 0 aliphatic carbocycles. The normalized spacial score (nSPS) is 12.1. The van der Waals surface area contributed by atoms with Gasteiger partial charge in [0.1, 0.15) is 5.65 Å². The maximum absolute atomic E-state index is 5.90. The largest absolute Gasteiger partial charge is 0.403 e. The molecule has 0 radical (unpaired) electrons. The van der Waals surface area contributed by atoms with Crippen molar-refractivity contribution in [3.05, 3.63) is 60.7 Å². The number of rotatable bonds is 9. The van der Waals surface area contributed by atoms with Gasteiger partial charge in [0, 0.05) is 41.1 Å². The van der Waals surface area contributed by atoms with Crippen molar-refractivity contribution in [3.8, 4) is 11.1 Å². The molecule has 0 saturated carbocycles. The van der Waals surface area contributed by atoms with Crippen LogP contribution < -0.4 is 16.3 Å². The summed E-state index contributed by atoms with van der Waals surface area (Å²) in [5.41, 5.74) is 9.45. The van der Waals surface area contributed by atoms with Crippen LogP contribution in [0.1, 0.15) is 25.5 Å². The number of hydrogen-bond acceptors (Lipinski definition) is 5. The molecule has 0 atom stereocenters. The summed E-state index contributed by atoms with van der Waals surface area (Å²) in [6.45, 7) is 3.64. The molecule has 2 heterocycles. The van der Waals surface area contributed by atoms with Gasteiger partial charge >= 0.3 is 0 Å². The molecule has 6 N–H and O–H groups in total. The van der Waals surface area contributed by atoms with Crippen molar-refractivity contribution in [1.82, 2.24) is 19.7 Å². The topological polar surface area (TPSA) is 96.0 Å². The van der Waals surface area contributed by atoms with Gasteiger partial charge in [-0.2, -0.15) is 0 Å². The summed E-state index contributed by atoms with van der Waals surface area (Å²) in [7, 11) is -1.49. The summed E-state index contributed by atoms with van der Waals surface area (Å²) in [5, 5.41) is 2.58. The van der Waals surface area contributed by atoms with E-state index < -0.39 is 9.39 Å². The number of nitrogens with zero attached hydrogens (tertiary/aromatic N) is 2. The second kappa shape index (κ2) is 9.17. The monoisotopic (exact) mass is 410 g/mol. The molecule has 1 aromatic carbocycles. The summed E-state index contributed by atoms with van der Waals surface area (Å²) >= 11 is 0. The van der Waals surface area contributed by atoms with Crippen molar-refractivity contribution in [3.63, 3.8) is 0 Å². The fourth-order valence-electron chi connectivity index (χ4n) is 3.20. The van der Waals surface area contributed by atoms with Gasteiger partial charge in [-0.15, -0.1) is 9.39 Å². The van der Waals surface area contributed by atoms with Crippen LogP contribution in [0, 0.1) is 0 Å². The zero-order valence-electron chi connectivity index (χ0n) is 16.9. The maximum Gasteiger partial charge on any atom is 0.138 e. The van der Waals surface area contributed by atoms with E-state index in [-0.39, 0.29) is 0 Å². The van der Waals surface area contributed by atoms with Gasteiger partial charge in [0.15, 0.2) is 0 Å². The molecule has 3 rings (SSSR count). The average molecular weight is 411 g/mol. The number of hydrazine groups is 1. The number of unbranched alkanes of at least 4 members (excludes halogenated alkanes) is 1. The molecule has 0 saturated heterocycles. The average Bonchev–Trinajstić information content (AvgIpc) is 3.10. The lowest BCUT2D eigenvalue weighted by Crippen LogP contribution is -2.24. The number of fused-ring (bicyclic) bond motifs is 1. The maximum atomic E-state index is 5.90. The molecule has 2 aromatic heterocycles. The fraction of sp³-hybridized carbons (Fsp3) is 0.227. The fourth-order valence-corrected chi connectivity index (χ4v) is 4.56.